The molecule has 2 N–H and O–H groups in total. The topological polar surface area (TPSA) is 78.5 Å². The van der Waals surface area contributed by atoms with Crippen LogP contribution in [0.15, 0.2) is 0 Å². The van der Waals surface area contributed by atoms with Gasteiger partial charge in [0, 0.05) is 33.5 Å². The summed E-state index contributed by atoms with van der Waals surface area (Å²) in [4.78, 5) is 35.3. The Morgan fingerprint density at radius 1 is 1.00 bits per heavy atom. The maximum Gasteiger partial charge on any atom is 0.239 e. The van der Waals surface area contributed by atoms with E-state index in [1.54, 1.807) is 4.90 Å². The fourth-order valence-electron chi connectivity index (χ4n) is 1.72. The van der Waals surface area contributed by atoms with Crippen molar-refractivity contribution in [1.29, 1.82) is 0 Å². The lowest BCUT2D eigenvalue weighted by molar-refractivity contribution is -0.134. The number of unbranched alkanes of at least 4 members (excludes halogenated alkanes) is 1. The molecule has 0 aliphatic carbocycles. The first kappa shape index (κ1) is 18.4. The van der Waals surface area contributed by atoms with Crippen LogP contribution in [0.2, 0.25) is 0 Å². The van der Waals surface area contributed by atoms with Crippen LogP contribution in [0.3, 0.4) is 0 Å². The summed E-state index contributed by atoms with van der Waals surface area (Å²) in [6.45, 7) is 8.86. The second kappa shape index (κ2) is 10.2. The third-order valence-electron chi connectivity index (χ3n) is 2.66. The highest BCUT2D eigenvalue weighted by Gasteiger charge is 2.14. The van der Waals surface area contributed by atoms with Crippen LogP contribution < -0.4 is 10.6 Å². The van der Waals surface area contributed by atoms with Crippen molar-refractivity contribution in [2.45, 2.75) is 40.5 Å². The highest BCUT2D eigenvalue weighted by molar-refractivity contribution is 5.83. The zero-order valence-electron chi connectivity index (χ0n) is 13.0. The van der Waals surface area contributed by atoms with E-state index >= 15 is 0 Å². The molecule has 0 saturated heterocycles. The van der Waals surface area contributed by atoms with Gasteiger partial charge in [0.05, 0.1) is 6.54 Å². The van der Waals surface area contributed by atoms with Crippen LogP contribution in [0.5, 0.6) is 0 Å². The molecular formula is C14H27N3O3. The predicted octanol–water partition coefficient (Wildman–Crippen LogP) is 0.523. The number of carbonyl (C=O) groups excluding carboxylic acids is 3. The minimum atomic E-state index is -0.139. The van der Waals surface area contributed by atoms with Crippen molar-refractivity contribution in [2.75, 3.05) is 26.2 Å². The maximum absolute atomic E-state index is 11.7. The van der Waals surface area contributed by atoms with Gasteiger partial charge in [-0.15, -0.1) is 0 Å². The Balaban J connectivity index is 3.80. The Kier molecular flexibility index (Phi) is 9.41. The zero-order valence-corrected chi connectivity index (χ0v) is 13.0. The van der Waals surface area contributed by atoms with Crippen molar-refractivity contribution < 1.29 is 14.4 Å². The highest BCUT2D eigenvalue weighted by atomic mass is 16.2. The van der Waals surface area contributed by atoms with E-state index in [0.717, 1.165) is 12.8 Å². The van der Waals surface area contributed by atoms with Crippen molar-refractivity contribution in [2.24, 2.45) is 5.92 Å². The SMILES string of the molecule is CC(=O)NCCCCNC(=O)CN(CC(C)C)C(C)=O. The lowest BCUT2D eigenvalue weighted by Gasteiger charge is -2.22. The van der Waals surface area contributed by atoms with Gasteiger partial charge in [-0.1, -0.05) is 13.8 Å². The van der Waals surface area contributed by atoms with Crippen LogP contribution in [-0.2, 0) is 14.4 Å². The molecule has 116 valence electrons. The van der Waals surface area contributed by atoms with Crippen molar-refractivity contribution in [3.8, 4) is 0 Å². The quantitative estimate of drug-likeness (QED) is 0.606. The summed E-state index contributed by atoms with van der Waals surface area (Å²) in [5, 5.41) is 5.48. The summed E-state index contributed by atoms with van der Waals surface area (Å²) in [6.07, 6.45) is 1.62. The number of amides is 3. The Labute approximate surface area is 121 Å². The first-order valence-electron chi connectivity index (χ1n) is 7.09. The molecule has 0 radical (unpaired) electrons. The predicted molar refractivity (Wildman–Crippen MR) is 78.0 cm³/mol. The normalized spacial score (nSPS) is 10.2. The highest BCUT2D eigenvalue weighted by Crippen LogP contribution is 1.99. The molecule has 3 amide bonds. The van der Waals surface area contributed by atoms with Crippen LogP contribution in [0, 0.1) is 5.92 Å². The van der Waals surface area contributed by atoms with Crippen LogP contribution in [0.4, 0.5) is 0 Å². The number of nitrogens with one attached hydrogen (secondary N) is 2. The summed E-state index contributed by atoms with van der Waals surface area (Å²) < 4.78 is 0. The lowest BCUT2D eigenvalue weighted by Crippen LogP contribution is -2.41. The van der Waals surface area contributed by atoms with Gasteiger partial charge in [-0.25, -0.2) is 0 Å². The van der Waals surface area contributed by atoms with Gasteiger partial charge in [0.15, 0.2) is 0 Å². The Hall–Kier alpha value is -1.59. The second-order valence-electron chi connectivity index (χ2n) is 5.33. The average Bonchev–Trinajstić information content (AvgIpc) is 2.31. The van der Waals surface area contributed by atoms with Crippen molar-refractivity contribution >= 4 is 17.7 Å². The minimum Gasteiger partial charge on any atom is -0.356 e. The number of rotatable bonds is 9. The standard InChI is InChI=1S/C14H27N3O3/c1-11(2)9-17(13(4)19)10-14(20)16-8-6-5-7-15-12(3)18/h11H,5-10H2,1-4H3,(H,15,18)(H,16,20). The van der Waals surface area contributed by atoms with Crippen LogP contribution in [0.25, 0.3) is 0 Å². The molecule has 0 spiro atoms. The van der Waals surface area contributed by atoms with Gasteiger partial charge < -0.3 is 15.5 Å². The minimum absolute atomic E-state index is 0.0418. The maximum atomic E-state index is 11.7. The first-order chi connectivity index (χ1) is 9.32. The van der Waals surface area contributed by atoms with Gasteiger partial charge >= 0.3 is 0 Å². The van der Waals surface area contributed by atoms with Crippen LogP contribution >= 0.6 is 0 Å². The smallest absolute Gasteiger partial charge is 0.239 e. The molecule has 0 aliphatic heterocycles. The monoisotopic (exact) mass is 285 g/mol. The Bertz CT molecular complexity index is 330. The van der Waals surface area contributed by atoms with E-state index in [1.807, 2.05) is 13.8 Å². The van der Waals surface area contributed by atoms with Gasteiger partial charge in [-0.05, 0) is 18.8 Å². The lowest BCUT2D eigenvalue weighted by atomic mass is 10.2. The summed E-state index contributed by atoms with van der Waals surface area (Å²) in [5.74, 6) is 0.0732. The Morgan fingerprint density at radius 2 is 1.55 bits per heavy atom. The van der Waals surface area contributed by atoms with E-state index in [2.05, 4.69) is 10.6 Å². The fraction of sp³-hybridized carbons (Fsp3) is 0.786. The molecule has 0 heterocycles. The molecule has 0 fully saturated rings. The molecule has 0 rings (SSSR count). The molecule has 6 nitrogen and oxygen atoms in total. The second-order valence-corrected chi connectivity index (χ2v) is 5.33. The third-order valence-corrected chi connectivity index (χ3v) is 2.66. The molecule has 0 aliphatic rings. The molecule has 0 unspecified atom stereocenters. The molecule has 0 aromatic rings. The van der Waals surface area contributed by atoms with Crippen molar-refractivity contribution in [3.05, 3.63) is 0 Å². The summed E-state index contributed by atoms with van der Waals surface area (Å²) in [6, 6.07) is 0. The molecule has 20 heavy (non-hydrogen) atoms. The molecule has 0 atom stereocenters. The molecule has 0 saturated carbocycles. The van der Waals surface area contributed by atoms with Gasteiger partial charge in [-0.2, -0.15) is 0 Å². The van der Waals surface area contributed by atoms with Crippen LogP contribution in [0.1, 0.15) is 40.5 Å². The van der Waals surface area contributed by atoms with E-state index in [0.29, 0.717) is 25.6 Å². The number of nitrogens with zero attached hydrogens (tertiary/aromatic N) is 1. The molecule has 0 aromatic heterocycles. The number of hydrogen-bond donors (Lipinski definition) is 2. The van der Waals surface area contributed by atoms with Gasteiger partial charge in [0.25, 0.3) is 0 Å². The van der Waals surface area contributed by atoms with E-state index in [4.69, 9.17) is 0 Å². The molecular weight excluding hydrogens is 258 g/mol. The summed E-state index contributed by atoms with van der Waals surface area (Å²) >= 11 is 0. The van der Waals surface area contributed by atoms with Crippen molar-refractivity contribution in [3.63, 3.8) is 0 Å². The Morgan fingerprint density at radius 3 is 2.00 bits per heavy atom. The zero-order chi connectivity index (χ0) is 15.5. The average molecular weight is 285 g/mol. The number of hydrogen-bond acceptors (Lipinski definition) is 3. The van der Waals surface area contributed by atoms with Gasteiger partial charge in [0.2, 0.25) is 17.7 Å². The summed E-state index contributed by atoms with van der Waals surface area (Å²) in [7, 11) is 0. The fourth-order valence-corrected chi connectivity index (χ4v) is 1.72. The molecule has 0 aromatic carbocycles. The first-order valence-corrected chi connectivity index (χ1v) is 7.09. The van der Waals surface area contributed by atoms with Crippen LogP contribution in [-0.4, -0.2) is 48.8 Å². The number of carbonyl (C=O) groups is 3. The van der Waals surface area contributed by atoms with E-state index < -0.39 is 0 Å². The molecule has 0 bridgehead atoms. The third kappa shape index (κ3) is 10.3. The largest absolute Gasteiger partial charge is 0.356 e. The van der Waals surface area contributed by atoms with E-state index in [-0.39, 0.29) is 24.3 Å². The van der Waals surface area contributed by atoms with Crippen molar-refractivity contribution in [1.82, 2.24) is 15.5 Å². The van der Waals surface area contributed by atoms with Gasteiger partial charge in [-0.3, -0.25) is 14.4 Å². The van der Waals surface area contributed by atoms with E-state index in [1.165, 1.54) is 13.8 Å². The molecule has 6 heteroatoms. The van der Waals surface area contributed by atoms with E-state index in [9.17, 15) is 14.4 Å². The summed E-state index contributed by atoms with van der Waals surface area (Å²) in [5.41, 5.74) is 0. The van der Waals surface area contributed by atoms with Gasteiger partial charge in [0.1, 0.15) is 0 Å².